The maximum Gasteiger partial charge on any atom is 0.284 e. The van der Waals surface area contributed by atoms with Gasteiger partial charge >= 0.3 is 0 Å². The molecule has 9 nitrogen and oxygen atoms in total. The van der Waals surface area contributed by atoms with Crippen molar-refractivity contribution in [1.82, 2.24) is 20.3 Å². The molecule has 5 rings (SSSR count). The van der Waals surface area contributed by atoms with Crippen LogP contribution in [0.5, 0.6) is 0 Å². The first-order chi connectivity index (χ1) is 15.9. The molecule has 0 unspecified atom stereocenters. The Kier molecular flexibility index (Phi) is 5.03. The average Bonchev–Trinajstić information content (AvgIpc) is 3.06. The highest BCUT2D eigenvalue weighted by Gasteiger charge is 2.48. The molecule has 0 saturated heterocycles. The number of fused-ring (bicyclic) bond motifs is 2. The number of nitrogens with one attached hydrogen (secondary N) is 3. The van der Waals surface area contributed by atoms with Crippen molar-refractivity contribution in [2.45, 2.75) is 44.6 Å². The van der Waals surface area contributed by atoms with Gasteiger partial charge in [-0.3, -0.25) is 4.79 Å². The van der Waals surface area contributed by atoms with Gasteiger partial charge in [0.05, 0.1) is 11.8 Å². The summed E-state index contributed by atoms with van der Waals surface area (Å²) in [6.45, 7) is 1.79. The molecule has 1 fully saturated rings. The number of rotatable bonds is 4. The number of hydrogen-bond acceptors (Lipinski definition) is 7. The summed E-state index contributed by atoms with van der Waals surface area (Å²) >= 11 is 0. The fourth-order valence-electron chi connectivity index (χ4n) is 4.66. The Labute approximate surface area is 187 Å². The molecule has 1 spiro atoms. The van der Waals surface area contributed by atoms with Crippen molar-refractivity contribution >= 4 is 29.2 Å². The summed E-state index contributed by atoms with van der Waals surface area (Å²) in [5.74, 6) is -1.40. The summed E-state index contributed by atoms with van der Waals surface area (Å²) in [7, 11) is 0. The number of halogens is 2. The summed E-state index contributed by atoms with van der Waals surface area (Å²) < 4.78 is 27.8. The van der Waals surface area contributed by atoms with E-state index in [0.717, 1.165) is 30.2 Å². The van der Waals surface area contributed by atoms with Crippen molar-refractivity contribution in [2.24, 2.45) is 0 Å². The van der Waals surface area contributed by atoms with E-state index in [2.05, 4.69) is 30.9 Å². The highest BCUT2D eigenvalue weighted by atomic mass is 19.1. The number of aryl methyl sites for hydroxylation is 1. The van der Waals surface area contributed by atoms with Crippen LogP contribution in [0.2, 0.25) is 0 Å². The molecule has 0 bridgehead atoms. The first-order valence-corrected chi connectivity index (χ1v) is 10.6. The van der Waals surface area contributed by atoms with Gasteiger partial charge in [-0.25, -0.2) is 28.8 Å². The van der Waals surface area contributed by atoms with Crippen molar-refractivity contribution in [3.8, 4) is 0 Å². The number of amides is 1. The minimum Gasteiger partial charge on any atom is -0.710 e. The van der Waals surface area contributed by atoms with E-state index in [9.17, 15) is 18.8 Å². The zero-order valence-corrected chi connectivity index (χ0v) is 17.8. The molecule has 0 radical (unpaired) electrons. The molecule has 4 heterocycles. The van der Waals surface area contributed by atoms with Crippen LogP contribution in [0.3, 0.4) is 0 Å². The Morgan fingerprint density at radius 1 is 1.06 bits per heavy atom. The molecule has 0 atom stereocenters. The zero-order valence-electron chi connectivity index (χ0n) is 17.8. The van der Waals surface area contributed by atoms with Crippen LogP contribution in [0.15, 0.2) is 30.7 Å². The van der Waals surface area contributed by atoms with Crippen molar-refractivity contribution < 1.29 is 18.3 Å². The molecule has 1 saturated carbocycles. The lowest BCUT2D eigenvalue weighted by Gasteiger charge is -2.34. The van der Waals surface area contributed by atoms with Crippen LogP contribution in [-0.4, -0.2) is 20.9 Å². The molecule has 3 aromatic heterocycles. The molecule has 1 amide bonds. The van der Waals surface area contributed by atoms with Gasteiger partial charge in [0.1, 0.15) is 29.2 Å². The highest BCUT2D eigenvalue weighted by Crippen LogP contribution is 2.42. The van der Waals surface area contributed by atoms with Crippen molar-refractivity contribution in [3.05, 3.63) is 64.4 Å². The van der Waals surface area contributed by atoms with Crippen LogP contribution in [0, 0.1) is 23.8 Å². The van der Waals surface area contributed by atoms with Gasteiger partial charge in [0.2, 0.25) is 5.82 Å². The number of nitrogens with zero attached hydrogens (tertiary/aromatic N) is 4. The van der Waals surface area contributed by atoms with Gasteiger partial charge < -0.3 is 15.8 Å². The SMILES string of the molecule is Cc1cc(Nc2cc(Nc3ncc(F)cc3F)ncn2)[n+]([O-])c2c1C(=O)NC21CCCCC1. The number of carbonyl (C=O) groups is 1. The molecule has 11 heteroatoms. The Morgan fingerprint density at radius 3 is 2.52 bits per heavy atom. The van der Waals surface area contributed by atoms with E-state index in [0.29, 0.717) is 35.7 Å². The normalized spacial score (nSPS) is 16.4. The van der Waals surface area contributed by atoms with Gasteiger partial charge in [-0.2, -0.15) is 4.98 Å². The summed E-state index contributed by atoms with van der Waals surface area (Å²) in [6, 6.07) is 3.77. The van der Waals surface area contributed by atoms with E-state index < -0.39 is 17.2 Å². The standard InChI is InChI=1S/C22H21F2N7O2/c1-12-7-17(31(33)19-18(12)21(32)30-22(19)5-3-2-4-6-22)28-15-9-16(27-11-26-15)29-20-14(24)8-13(23)10-25-20/h7-11H,2-6H2,1H3,(H,30,32)(H2,25,26,27,28,29). The summed E-state index contributed by atoms with van der Waals surface area (Å²) in [4.78, 5) is 24.5. The lowest BCUT2D eigenvalue weighted by Crippen LogP contribution is -2.49. The second kappa shape index (κ2) is 7.91. The Hall–Kier alpha value is -3.89. The first kappa shape index (κ1) is 21.0. The fraction of sp³-hybridized carbons (Fsp3) is 0.318. The predicted octanol–water partition coefficient (Wildman–Crippen LogP) is 3.48. The van der Waals surface area contributed by atoms with Gasteiger partial charge in [-0.15, -0.1) is 0 Å². The van der Waals surface area contributed by atoms with E-state index in [-0.39, 0.29) is 29.2 Å². The molecule has 0 aromatic carbocycles. The van der Waals surface area contributed by atoms with Crippen LogP contribution in [0.25, 0.3) is 0 Å². The zero-order chi connectivity index (χ0) is 23.2. The molecule has 170 valence electrons. The lowest BCUT2D eigenvalue weighted by molar-refractivity contribution is -0.603. The van der Waals surface area contributed by atoms with Crippen molar-refractivity contribution in [2.75, 3.05) is 10.6 Å². The van der Waals surface area contributed by atoms with Gasteiger partial charge in [0.25, 0.3) is 11.7 Å². The largest absolute Gasteiger partial charge is 0.710 e. The molecule has 2 aliphatic rings. The second-order valence-corrected chi connectivity index (χ2v) is 8.35. The monoisotopic (exact) mass is 453 g/mol. The smallest absolute Gasteiger partial charge is 0.284 e. The van der Waals surface area contributed by atoms with E-state index in [1.54, 1.807) is 13.0 Å². The van der Waals surface area contributed by atoms with E-state index in [1.807, 2.05) is 0 Å². The molecule has 33 heavy (non-hydrogen) atoms. The third kappa shape index (κ3) is 3.69. The Bertz CT molecular complexity index is 1260. The minimum atomic E-state index is -0.871. The van der Waals surface area contributed by atoms with Crippen LogP contribution < -0.4 is 20.7 Å². The first-order valence-electron chi connectivity index (χ1n) is 10.6. The Morgan fingerprint density at radius 2 is 1.79 bits per heavy atom. The van der Waals surface area contributed by atoms with Crippen molar-refractivity contribution in [1.29, 1.82) is 0 Å². The van der Waals surface area contributed by atoms with E-state index in [4.69, 9.17) is 0 Å². The molecule has 3 N–H and O–H groups in total. The number of anilines is 4. The van der Waals surface area contributed by atoms with Crippen molar-refractivity contribution in [3.63, 3.8) is 0 Å². The molecular weight excluding hydrogens is 432 g/mol. The lowest BCUT2D eigenvalue weighted by atomic mass is 9.79. The summed E-state index contributed by atoms with van der Waals surface area (Å²) in [5.41, 5.74) is 0.906. The second-order valence-electron chi connectivity index (χ2n) is 8.35. The molecular formula is C22H21F2N7O2. The van der Waals surface area contributed by atoms with E-state index in [1.165, 1.54) is 12.4 Å². The fourth-order valence-corrected chi connectivity index (χ4v) is 4.66. The van der Waals surface area contributed by atoms with Crippen LogP contribution in [-0.2, 0) is 5.54 Å². The predicted molar refractivity (Wildman–Crippen MR) is 115 cm³/mol. The highest BCUT2D eigenvalue weighted by molar-refractivity contribution is 6.00. The molecule has 1 aliphatic carbocycles. The Balaban J connectivity index is 1.47. The molecule has 3 aromatic rings. The van der Waals surface area contributed by atoms with Crippen LogP contribution in [0.1, 0.15) is 53.7 Å². The third-order valence-corrected chi connectivity index (χ3v) is 6.12. The van der Waals surface area contributed by atoms with Gasteiger partial charge in [0, 0.05) is 18.2 Å². The maximum atomic E-state index is 13.9. The summed E-state index contributed by atoms with van der Waals surface area (Å²) in [6.07, 6.45) is 6.49. The summed E-state index contributed by atoms with van der Waals surface area (Å²) in [5, 5.41) is 22.1. The minimum absolute atomic E-state index is 0.196. The van der Waals surface area contributed by atoms with Gasteiger partial charge in [-0.05, 0) is 25.3 Å². The van der Waals surface area contributed by atoms with Crippen LogP contribution in [0.4, 0.5) is 32.1 Å². The number of carbonyl (C=O) groups excluding carboxylic acids is 1. The van der Waals surface area contributed by atoms with Crippen LogP contribution >= 0.6 is 0 Å². The average molecular weight is 453 g/mol. The third-order valence-electron chi connectivity index (χ3n) is 6.12. The number of pyridine rings is 2. The van der Waals surface area contributed by atoms with E-state index >= 15 is 0 Å². The maximum absolute atomic E-state index is 13.9. The number of aromatic nitrogens is 4. The topological polar surface area (TPSA) is 119 Å². The molecule has 1 aliphatic heterocycles. The quantitative estimate of drug-likeness (QED) is 0.409. The van der Waals surface area contributed by atoms with Gasteiger partial charge in [-0.1, -0.05) is 19.3 Å². The number of hydrogen-bond donors (Lipinski definition) is 3. The van der Waals surface area contributed by atoms with Gasteiger partial charge in [0.15, 0.2) is 11.6 Å².